The first-order chi connectivity index (χ1) is 25.8. The number of nitrogens with zero attached hydrogens (tertiary/aromatic N) is 1. The smallest absolute Gasteiger partial charge is 0.416 e. The monoisotopic (exact) mass is 769 g/mol. The number of Topliss-reactive ketones (excluding diaryl/α,β-unsaturated/α-hetero) is 1. The number of fused-ring (bicyclic) bond motifs is 1. The van der Waals surface area contributed by atoms with Crippen molar-refractivity contribution in [2.45, 2.75) is 129 Å². The molecule has 0 radical (unpaired) electrons. The molecule has 0 aromatic heterocycles. The number of halogens is 3. The fourth-order valence-electron chi connectivity index (χ4n) is 13.0. The Morgan fingerprint density at radius 2 is 1.71 bits per heavy atom. The average molecular weight is 770 g/mol. The highest BCUT2D eigenvalue weighted by Crippen LogP contribution is 2.78. The maximum atomic E-state index is 14.9. The van der Waals surface area contributed by atoms with Crippen LogP contribution in [0.1, 0.15) is 121 Å². The highest BCUT2D eigenvalue weighted by atomic mass is 19.4. The minimum Gasteiger partial charge on any atom is -0.446 e. The normalized spacial score (nSPS) is 40.6. The third kappa shape index (κ3) is 6.43. The maximum absolute atomic E-state index is 14.9. The van der Waals surface area contributed by atoms with Crippen LogP contribution in [-0.2, 0) is 15.7 Å². The molecule has 4 fully saturated rings. The van der Waals surface area contributed by atoms with Crippen LogP contribution in [0.25, 0.3) is 0 Å². The minimum absolute atomic E-state index is 0.00561. The molecular formula is C45H62F3NO6. The lowest BCUT2D eigenvalue weighted by molar-refractivity contribution is -0.175. The molecule has 7 aliphatic rings. The van der Waals surface area contributed by atoms with Crippen LogP contribution in [0.4, 0.5) is 18.0 Å². The van der Waals surface area contributed by atoms with Crippen LogP contribution in [0.3, 0.4) is 0 Å². The molecule has 2 N–H and O–H groups in total. The van der Waals surface area contributed by atoms with E-state index in [1.54, 1.807) is 12.0 Å². The van der Waals surface area contributed by atoms with Gasteiger partial charge in [0.2, 0.25) is 0 Å². The summed E-state index contributed by atoms with van der Waals surface area (Å²) in [5.41, 5.74) is -4.17. The number of carbonyl (C=O) groups is 2. The van der Waals surface area contributed by atoms with Gasteiger partial charge in [-0.05, 0) is 111 Å². The summed E-state index contributed by atoms with van der Waals surface area (Å²) >= 11 is 0. The zero-order valence-electron chi connectivity index (χ0n) is 33.6. The molecule has 0 saturated heterocycles. The average Bonchev–Trinajstić information content (AvgIpc) is 3.40. The third-order valence-electron chi connectivity index (χ3n) is 16.1. The van der Waals surface area contributed by atoms with E-state index in [0.717, 1.165) is 37.8 Å². The summed E-state index contributed by atoms with van der Waals surface area (Å²) in [4.78, 5) is 30.8. The number of aliphatic hydroxyl groups excluding tert-OH is 1. The first kappa shape index (κ1) is 40.5. The molecule has 1 aromatic carbocycles. The molecule has 0 aliphatic heterocycles. The largest absolute Gasteiger partial charge is 0.446 e. The number of hydrogen-bond donors (Lipinski definition) is 2. The number of alkyl halides is 3. The number of allylic oxidation sites excluding steroid dienone is 4. The van der Waals surface area contributed by atoms with E-state index in [9.17, 15) is 33.0 Å². The van der Waals surface area contributed by atoms with E-state index in [1.165, 1.54) is 12.1 Å². The topological polar surface area (TPSA) is 96.3 Å². The molecule has 1 aromatic rings. The number of hydrogen-bond acceptors (Lipinski definition) is 6. The van der Waals surface area contributed by atoms with Crippen molar-refractivity contribution < 1.29 is 42.4 Å². The molecule has 10 heteroatoms. The Hall–Kier alpha value is -2.69. The molecule has 7 nitrogen and oxygen atoms in total. The molecule has 11 atom stereocenters. The number of aliphatic hydroxyl groups is 2. The van der Waals surface area contributed by atoms with Gasteiger partial charge in [-0.3, -0.25) is 4.79 Å². The first-order valence-electron chi connectivity index (χ1n) is 20.8. The van der Waals surface area contributed by atoms with Gasteiger partial charge in [0.05, 0.1) is 23.8 Å². The van der Waals surface area contributed by atoms with Crippen molar-refractivity contribution in [1.82, 2.24) is 4.90 Å². The molecule has 55 heavy (non-hydrogen) atoms. The van der Waals surface area contributed by atoms with Crippen LogP contribution in [0.15, 0.2) is 48.1 Å². The SMILES string of the molecule is COCCCN(C[C@]1(O)CC[C@H]2[C@]34C=C[C@@]5(C=C3C(=O)c3cccc(C(F)(F)F)c3)CC(O)CC[C@]5(C)[C@H]4CC[C@@]21C)C(=O)O[C@H]1C[C@@H](C)CC[C@@H]1C(C)C. The molecule has 304 valence electrons. The van der Waals surface area contributed by atoms with Gasteiger partial charge in [0.25, 0.3) is 0 Å². The third-order valence-corrected chi connectivity index (χ3v) is 16.1. The number of carbonyl (C=O) groups excluding carboxylic acids is 2. The Morgan fingerprint density at radius 3 is 2.42 bits per heavy atom. The van der Waals surface area contributed by atoms with E-state index in [0.29, 0.717) is 75.5 Å². The predicted molar refractivity (Wildman–Crippen MR) is 204 cm³/mol. The van der Waals surface area contributed by atoms with Crippen molar-refractivity contribution >= 4 is 11.9 Å². The molecule has 2 bridgehead atoms. The molecule has 7 aliphatic carbocycles. The Morgan fingerprint density at radius 1 is 1.00 bits per heavy atom. The Labute approximate surface area is 325 Å². The van der Waals surface area contributed by atoms with Crippen LogP contribution in [0, 0.1) is 51.2 Å². The number of ether oxygens (including phenoxy) is 2. The summed E-state index contributed by atoms with van der Waals surface area (Å²) in [7, 11) is 1.63. The van der Waals surface area contributed by atoms with Crippen molar-refractivity contribution in [1.29, 1.82) is 0 Å². The van der Waals surface area contributed by atoms with Gasteiger partial charge in [-0.1, -0.05) is 71.4 Å². The van der Waals surface area contributed by atoms with Crippen LogP contribution < -0.4 is 0 Å². The molecule has 2 spiro atoms. The zero-order chi connectivity index (χ0) is 39.8. The number of rotatable bonds is 10. The molecule has 4 saturated carbocycles. The lowest BCUT2D eigenvalue weighted by Crippen LogP contribution is -2.67. The second-order valence-corrected chi connectivity index (χ2v) is 19.2. The second-order valence-electron chi connectivity index (χ2n) is 19.2. The molecule has 8 rings (SSSR count). The van der Waals surface area contributed by atoms with E-state index in [-0.39, 0.29) is 41.4 Å². The fraction of sp³-hybridized carbons (Fsp3) is 0.733. The summed E-state index contributed by atoms with van der Waals surface area (Å²) in [5.74, 6) is 0.433. The van der Waals surface area contributed by atoms with Gasteiger partial charge >= 0.3 is 12.3 Å². The van der Waals surface area contributed by atoms with Gasteiger partial charge in [-0.25, -0.2) is 4.79 Å². The van der Waals surface area contributed by atoms with Crippen molar-refractivity contribution in [3.8, 4) is 0 Å². The van der Waals surface area contributed by atoms with Gasteiger partial charge in [-0.2, -0.15) is 13.2 Å². The Bertz CT molecular complexity index is 1710. The molecule has 1 unspecified atom stereocenters. The zero-order valence-corrected chi connectivity index (χ0v) is 33.6. The van der Waals surface area contributed by atoms with Crippen molar-refractivity contribution in [2.75, 3.05) is 26.8 Å². The van der Waals surface area contributed by atoms with Gasteiger partial charge in [0.1, 0.15) is 6.10 Å². The standard InChI is InChI=1S/C45H62F3NO6/c1-28(2)33-12-11-29(3)23-35(33)55-39(52)49(21-8-22-54-6)27-43(53)18-15-37-41(43,5)17-14-36-40(4)16-13-32(50)25-42(40)19-20-44(36,37)34(26-42)38(51)30-9-7-10-31(24-30)45(46,47)48/h7,9-10,19-20,24,26,28-29,32-33,35-37,50,53H,8,11-18,21-23,25,27H2,1-6H3/t29-,32?,33+,35-,36+,37+,40+,41-,42-,43+,44+/m0/s1. The van der Waals surface area contributed by atoms with Crippen molar-refractivity contribution in [2.24, 2.45) is 51.2 Å². The van der Waals surface area contributed by atoms with Crippen molar-refractivity contribution in [3.63, 3.8) is 0 Å². The summed E-state index contributed by atoms with van der Waals surface area (Å²) in [5, 5.41) is 24.1. The van der Waals surface area contributed by atoms with Gasteiger partial charge < -0.3 is 24.6 Å². The van der Waals surface area contributed by atoms with E-state index < -0.39 is 51.6 Å². The van der Waals surface area contributed by atoms with E-state index in [4.69, 9.17) is 9.47 Å². The Kier molecular flexibility index (Phi) is 10.5. The van der Waals surface area contributed by atoms with Crippen LogP contribution in [0.5, 0.6) is 0 Å². The quantitative estimate of drug-likeness (QED) is 0.140. The minimum atomic E-state index is -4.60. The van der Waals surface area contributed by atoms with Crippen LogP contribution in [0.2, 0.25) is 0 Å². The first-order valence-corrected chi connectivity index (χ1v) is 20.8. The van der Waals surface area contributed by atoms with E-state index in [2.05, 4.69) is 46.8 Å². The maximum Gasteiger partial charge on any atom is 0.416 e. The summed E-state index contributed by atoms with van der Waals surface area (Å²) in [6.07, 6.45) is 8.33. The molecule has 1 amide bonds. The van der Waals surface area contributed by atoms with Gasteiger partial charge in [0, 0.05) is 47.6 Å². The van der Waals surface area contributed by atoms with E-state index >= 15 is 0 Å². The number of benzene rings is 1. The highest BCUT2D eigenvalue weighted by Gasteiger charge is 2.74. The lowest BCUT2D eigenvalue weighted by Gasteiger charge is -2.71. The van der Waals surface area contributed by atoms with E-state index in [1.807, 2.05) is 6.08 Å². The highest BCUT2D eigenvalue weighted by molar-refractivity contribution is 6.10. The molecular weight excluding hydrogens is 707 g/mol. The number of amides is 1. The molecule has 0 heterocycles. The van der Waals surface area contributed by atoms with Crippen LogP contribution >= 0.6 is 0 Å². The number of methoxy groups -OCH3 is 1. The summed E-state index contributed by atoms with van der Waals surface area (Å²) in [6.45, 7) is 11.8. The Balaban J connectivity index is 1.26. The fourth-order valence-corrected chi connectivity index (χ4v) is 13.0. The van der Waals surface area contributed by atoms with Gasteiger partial charge in [0.15, 0.2) is 5.78 Å². The summed E-state index contributed by atoms with van der Waals surface area (Å²) < 4.78 is 53.6. The summed E-state index contributed by atoms with van der Waals surface area (Å²) in [6, 6.07) is 4.71. The second kappa shape index (κ2) is 14.3. The van der Waals surface area contributed by atoms with Gasteiger partial charge in [-0.15, -0.1) is 0 Å². The van der Waals surface area contributed by atoms with Crippen molar-refractivity contribution in [3.05, 3.63) is 59.2 Å². The lowest BCUT2D eigenvalue weighted by atomic mass is 9.32. The number of ketones is 1. The van der Waals surface area contributed by atoms with Crippen LogP contribution in [-0.4, -0.2) is 71.6 Å². The predicted octanol–water partition coefficient (Wildman–Crippen LogP) is 9.42.